The summed E-state index contributed by atoms with van der Waals surface area (Å²) in [5.74, 6) is -3.09. The van der Waals surface area contributed by atoms with Crippen LogP contribution in [0.4, 0.5) is 18.9 Å². The molecule has 1 aromatic heterocycles. The molecule has 2 atom stereocenters. The maximum absolute atomic E-state index is 13.0. The maximum Gasteiger partial charge on any atom is 0.416 e. The lowest BCUT2D eigenvalue weighted by atomic mass is 9.83. The minimum absolute atomic E-state index is 0.108. The number of benzene rings is 1. The molecule has 2 aliphatic heterocycles. The number of carbonyl (C=O) groups is 2. The minimum atomic E-state index is -4.73. The van der Waals surface area contributed by atoms with Crippen molar-refractivity contribution in [1.29, 1.82) is 0 Å². The van der Waals surface area contributed by atoms with Crippen molar-refractivity contribution in [2.45, 2.75) is 30.0 Å². The number of carboxylic acids is 1. The van der Waals surface area contributed by atoms with Crippen LogP contribution in [0.1, 0.15) is 23.6 Å². The third-order valence-electron chi connectivity index (χ3n) is 5.79. The summed E-state index contributed by atoms with van der Waals surface area (Å²) in [6, 6.07) is 5.90. The fourth-order valence-corrected chi connectivity index (χ4v) is 5.47. The number of hydrogen-bond donors (Lipinski definition) is 2. The van der Waals surface area contributed by atoms with Gasteiger partial charge >= 0.3 is 18.1 Å². The second kappa shape index (κ2) is 7.90. The second-order valence-electron chi connectivity index (χ2n) is 8.03. The minimum Gasteiger partial charge on any atom is -0.474 e. The van der Waals surface area contributed by atoms with Gasteiger partial charge in [0.1, 0.15) is 5.69 Å². The summed E-state index contributed by atoms with van der Waals surface area (Å²) in [6.45, 7) is 0.400. The van der Waals surface area contributed by atoms with Crippen LogP contribution in [0.5, 0.6) is 0 Å². The number of anilines is 1. The van der Waals surface area contributed by atoms with Crippen LogP contribution in [0.25, 0.3) is 0 Å². The highest BCUT2D eigenvalue weighted by atomic mass is 32.2. The number of aliphatic carboxylic acids is 1. The van der Waals surface area contributed by atoms with Gasteiger partial charge in [0.2, 0.25) is 0 Å². The number of likely N-dealkylation sites (tertiary alicyclic amines) is 1. The Morgan fingerprint density at radius 3 is 2.48 bits per heavy atom. The van der Waals surface area contributed by atoms with Crippen LogP contribution in [0.15, 0.2) is 46.1 Å². The number of alkyl halides is 3. The SMILES string of the molecule is O=C(O)C(=O)N1C[C@@H]2C[C@H](C1)c1ccc(NS(=O)(=O)c3cccc(C(F)(F)F)c3)c(=O)n1C2. The fourth-order valence-electron chi connectivity index (χ4n) is 4.37. The van der Waals surface area contributed by atoms with Crippen molar-refractivity contribution in [3.05, 3.63) is 58.0 Å². The van der Waals surface area contributed by atoms with E-state index >= 15 is 0 Å². The van der Waals surface area contributed by atoms with E-state index in [0.717, 1.165) is 18.2 Å². The molecule has 4 rings (SSSR count). The zero-order chi connectivity index (χ0) is 24.1. The standard InChI is InChI=1S/C20H18F3N3O6S/c21-20(22,23)13-2-1-3-14(7-13)33(31,32)24-15-4-5-16-12-6-11(9-26(16)17(15)27)8-25(10-12)18(28)19(29)30/h1-5,7,11-12,24H,6,8-10H2,(H,29,30)/t11-,12+/m0/s1. The van der Waals surface area contributed by atoms with Crippen molar-refractivity contribution in [2.75, 3.05) is 17.8 Å². The van der Waals surface area contributed by atoms with E-state index in [0.29, 0.717) is 18.2 Å². The molecular formula is C20H18F3N3O6S. The van der Waals surface area contributed by atoms with Crippen LogP contribution >= 0.6 is 0 Å². The van der Waals surface area contributed by atoms with Gasteiger partial charge in [0, 0.05) is 31.2 Å². The molecule has 13 heteroatoms. The summed E-state index contributed by atoms with van der Waals surface area (Å²) in [6.07, 6.45) is -4.09. The Morgan fingerprint density at radius 2 is 1.82 bits per heavy atom. The van der Waals surface area contributed by atoms with Crippen LogP contribution in [-0.2, 0) is 32.3 Å². The highest BCUT2D eigenvalue weighted by Crippen LogP contribution is 2.36. The number of carbonyl (C=O) groups excluding carboxylic acids is 1. The predicted molar refractivity (Wildman–Crippen MR) is 108 cm³/mol. The Morgan fingerprint density at radius 1 is 1.09 bits per heavy atom. The van der Waals surface area contributed by atoms with Crippen molar-refractivity contribution in [3.8, 4) is 0 Å². The predicted octanol–water partition coefficient (Wildman–Crippen LogP) is 1.70. The van der Waals surface area contributed by atoms with Crippen molar-refractivity contribution in [1.82, 2.24) is 9.47 Å². The third kappa shape index (κ3) is 4.32. The highest BCUT2D eigenvalue weighted by Gasteiger charge is 2.38. The molecule has 2 aromatic rings. The molecule has 1 amide bonds. The van der Waals surface area contributed by atoms with Gasteiger partial charge in [-0.15, -0.1) is 0 Å². The number of nitrogens with zero attached hydrogens (tertiary/aromatic N) is 2. The van der Waals surface area contributed by atoms with Crippen LogP contribution in [0, 0.1) is 5.92 Å². The summed E-state index contributed by atoms with van der Waals surface area (Å²) in [7, 11) is -4.47. The van der Waals surface area contributed by atoms with Crippen molar-refractivity contribution >= 4 is 27.6 Å². The van der Waals surface area contributed by atoms with E-state index in [1.807, 2.05) is 0 Å². The number of rotatable bonds is 3. The molecule has 2 bridgehead atoms. The number of piperidine rings is 1. The van der Waals surface area contributed by atoms with E-state index in [-0.39, 0.29) is 37.2 Å². The first-order valence-electron chi connectivity index (χ1n) is 9.83. The van der Waals surface area contributed by atoms with Gasteiger partial charge in [0.25, 0.3) is 15.6 Å². The number of sulfonamides is 1. The lowest BCUT2D eigenvalue weighted by molar-refractivity contribution is -0.157. The monoisotopic (exact) mass is 485 g/mol. The molecule has 2 aliphatic rings. The quantitative estimate of drug-likeness (QED) is 0.638. The Hall–Kier alpha value is -3.35. The average molecular weight is 485 g/mol. The maximum atomic E-state index is 13.0. The second-order valence-corrected chi connectivity index (χ2v) is 9.72. The van der Waals surface area contributed by atoms with E-state index < -0.39 is 44.1 Å². The summed E-state index contributed by atoms with van der Waals surface area (Å²) < 4.78 is 67.6. The molecule has 0 saturated carbocycles. The zero-order valence-corrected chi connectivity index (χ0v) is 17.7. The van der Waals surface area contributed by atoms with Gasteiger partial charge < -0.3 is 14.6 Å². The molecule has 0 radical (unpaired) electrons. The number of fused-ring (bicyclic) bond motifs is 4. The Kier molecular flexibility index (Phi) is 5.47. The molecule has 1 fully saturated rings. The normalized spacial score (nSPS) is 20.2. The van der Waals surface area contributed by atoms with Crippen LogP contribution in [0.2, 0.25) is 0 Å². The van der Waals surface area contributed by atoms with Crippen molar-refractivity contribution in [3.63, 3.8) is 0 Å². The molecule has 0 aliphatic carbocycles. The first kappa shape index (κ1) is 22.8. The molecule has 176 valence electrons. The van der Waals surface area contributed by atoms with Gasteiger partial charge in [-0.2, -0.15) is 13.2 Å². The topological polar surface area (TPSA) is 126 Å². The third-order valence-corrected chi connectivity index (χ3v) is 7.15. The van der Waals surface area contributed by atoms with E-state index in [2.05, 4.69) is 4.72 Å². The number of carboxylic acid groups (broad SMARTS) is 1. The van der Waals surface area contributed by atoms with Crippen LogP contribution in [-0.4, -0.2) is 48.0 Å². The van der Waals surface area contributed by atoms with E-state index in [4.69, 9.17) is 5.11 Å². The van der Waals surface area contributed by atoms with Crippen molar-refractivity contribution < 1.29 is 36.3 Å². The summed E-state index contributed by atoms with van der Waals surface area (Å²) in [4.78, 5) is 36.4. The van der Waals surface area contributed by atoms with Crippen LogP contribution < -0.4 is 10.3 Å². The van der Waals surface area contributed by atoms with Crippen LogP contribution in [0.3, 0.4) is 0 Å². The number of halogens is 3. The smallest absolute Gasteiger partial charge is 0.416 e. The Balaban J connectivity index is 1.63. The molecule has 0 unspecified atom stereocenters. The molecule has 3 heterocycles. The van der Waals surface area contributed by atoms with Gasteiger partial charge in [0.05, 0.1) is 10.5 Å². The molecule has 0 spiro atoms. The molecule has 1 aromatic carbocycles. The van der Waals surface area contributed by atoms with Gasteiger partial charge in [-0.25, -0.2) is 13.2 Å². The van der Waals surface area contributed by atoms with E-state index in [1.165, 1.54) is 21.6 Å². The van der Waals surface area contributed by atoms with E-state index in [1.54, 1.807) is 0 Å². The van der Waals surface area contributed by atoms with Gasteiger partial charge in [-0.05, 0) is 42.7 Å². The molecular weight excluding hydrogens is 467 g/mol. The lowest BCUT2D eigenvalue weighted by Gasteiger charge is -2.42. The molecule has 2 N–H and O–H groups in total. The Bertz CT molecular complexity index is 1300. The largest absolute Gasteiger partial charge is 0.474 e. The zero-order valence-electron chi connectivity index (χ0n) is 16.9. The fraction of sp³-hybridized carbons (Fsp3) is 0.350. The first-order chi connectivity index (χ1) is 15.4. The number of amides is 1. The number of pyridine rings is 1. The average Bonchev–Trinajstić information content (AvgIpc) is 2.74. The highest BCUT2D eigenvalue weighted by molar-refractivity contribution is 7.92. The summed E-state index contributed by atoms with van der Waals surface area (Å²) >= 11 is 0. The summed E-state index contributed by atoms with van der Waals surface area (Å²) in [5.41, 5.74) is -1.60. The van der Waals surface area contributed by atoms with Gasteiger partial charge in [0.15, 0.2) is 0 Å². The Labute approximate surface area is 185 Å². The molecule has 33 heavy (non-hydrogen) atoms. The molecule has 1 saturated heterocycles. The number of aromatic nitrogens is 1. The number of nitrogens with one attached hydrogen (secondary N) is 1. The van der Waals surface area contributed by atoms with Crippen molar-refractivity contribution in [2.24, 2.45) is 5.92 Å². The molecule has 9 nitrogen and oxygen atoms in total. The van der Waals surface area contributed by atoms with Gasteiger partial charge in [-0.3, -0.25) is 14.3 Å². The van der Waals surface area contributed by atoms with Gasteiger partial charge in [-0.1, -0.05) is 6.07 Å². The number of hydrogen-bond acceptors (Lipinski definition) is 5. The van der Waals surface area contributed by atoms with E-state index in [9.17, 15) is 36.0 Å². The lowest BCUT2D eigenvalue weighted by Crippen LogP contribution is -2.51. The first-order valence-corrected chi connectivity index (χ1v) is 11.3. The summed E-state index contributed by atoms with van der Waals surface area (Å²) in [5, 5.41) is 8.96.